The third-order valence-corrected chi connectivity index (χ3v) is 4.99. The lowest BCUT2D eigenvalue weighted by Gasteiger charge is -2.05. The van der Waals surface area contributed by atoms with Gasteiger partial charge in [0.1, 0.15) is 0 Å². The molecule has 1 N–H and O–H groups in total. The molecule has 0 aliphatic carbocycles. The van der Waals surface area contributed by atoms with Crippen molar-refractivity contribution in [3.63, 3.8) is 0 Å². The Labute approximate surface area is 133 Å². The first-order valence-corrected chi connectivity index (χ1v) is 8.71. The van der Waals surface area contributed by atoms with Crippen molar-refractivity contribution >= 4 is 34.1 Å². The molecule has 0 radical (unpaired) electrons. The van der Waals surface area contributed by atoms with Crippen molar-refractivity contribution in [3.8, 4) is 0 Å². The summed E-state index contributed by atoms with van der Waals surface area (Å²) in [4.78, 5) is 11.9. The molecule has 0 aliphatic rings. The van der Waals surface area contributed by atoms with E-state index >= 15 is 0 Å². The fourth-order valence-electron chi connectivity index (χ4n) is 1.84. The van der Waals surface area contributed by atoms with Gasteiger partial charge in [-0.2, -0.15) is 0 Å². The number of thioether (sulfide) groups is 1. The molecule has 0 fully saturated rings. The highest BCUT2D eigenvalue weighted by molar-refractivity contribution is 8.01. The van der Waals surface area contributed by atoms with Crippen LogP contribution in [0.15, 0.2) is 22.5 Å². The number of hydrogen-bond acceptors (Lipinski definition) is 5. The lowest BCUT2D eigenvalue weighted by atomic mass is 10.0. The molecule has 6 heteroatoms. The van der Waals surface area contributed by atoms with Gasteiger partial charge >= 0.3 is 0 Å². The highest BCUT2D eigenvalue weighted by Gasteiger charge is 2.08. The van der Waals surface area contributed by atoms with Gasteiger partial charge in [-0.05, 0) is 42.7 Å². The van der Waals surface area contributed by atoms with E-state index in [9.17, 15) is 4.79 Å². The molecule has 0 saturated carbocycles. The molecule has 0 spiro atoms. The summed E-state index contributed by atoms with van der Waals surface area (Å²) in [6.07, 6.45) is 1.20. The Balaban J connectivity index is 1.85. The second-order valence-corrected chi connectivity index (χ2v) is 7.26. The molecule has 0 atom stereocenters. The number of aromatic nitrogens is 2. The molecule has 112 valence electrons. The lowest BCUT2D eigenvalue weighted by Crippen LogP contribution is -2.12. The van der Waals surface area contributed by atoms with Crippen molar-refractivity contribution in [2.24, 2.45) is 0 Å². The number of benzene rings is 1. The predicted molar refractivity (Wildman–Crippen MR) is 89.2 cm³/mol. The van der Waals surface area contributed by atoms with Gasteiger partial charge in [-0.15, -0.1) is 10.2 Å². The van der Waals surface area contributed by atoms with Crippen molar-refractivity contribution in [2.45, 2.75) is 38.0 Å². The topological polar surface area (TPSA) is 54.9 Å². The monoisotopic (exact) mass is 321 g/mol. The number of nitrogens with zero attached hydrogens (tertiary/aromatic N) is 2. The molecular weight excluding hydrogens is 302 g/mol. The summed E-state index contributed by atoms with van der Waals surface area (Å²) >= 11 is 3.05. The number of anilines is 1. The smallest absolute Gasteiger partial charge is 0.226 e. The average molecular weight is 321 g/mol. The largest absolute Gasteiger partial charge is 0.300 e. The molecular formula is C15H19N3OS2. The molecule has 1 aromatic heterocycles. The van der Waals surface area contributed by atoms with E-state index in [1.165, 1.54) is 28.0 Å². The molecule has 0 unspecified atom stereocenters. The molecule has 0 aliphatic heterocycles. The maximum Gasteiger partial charge on any atom is 0.226 e. The normalized spacial score (nSPS) is 10.6. The number of amides is 1. The van der Waals surface area contributed by atoms with Crippen LogP contribution in [0.5, 0.6) is 0 Å². The Bertz CT molecular complexity index is 625. The Hall–Kier alpha value is -1.40. The van der Waals surface area contributed by atoms with Crippen LogP contribution in [0, 0.1) is 13.8 Å². The van der Waals surface area contributed by atoms with Gasteiger partial charge in [0.05, 0.1) is 0 Å². The van der Waals surface area contributed by atoms with E-state index in [-0.39, 0.29) is 5.91 Å². The van der Waals surface area contributed by atoms with Crippen LogP contribution >= 0.6 is 23.1 Å². The van der Waals surface area contributed by atoms with Gasteiger partial charge in [0.15, 0.2) is 4.34 Å². The second-order valence-electron chi connectivity index (χ2n) is 4.77. The van der Waals surface area contributed by atoms with E-state index in [0.717, 1.165) is 16.5 Å². The molecule has 1 amide bonds. The Morgan fingerprint density at radius 3 is 2.81 bits per heavy atom. The van der Waals surface area contributed by atoms with Crippen molar-refractivity contribution in [1.29, 1.82) is 0 Å². The van der Waals surface area contributed by atoms with Crippen molar-refractivity contribution in [3.05, 3.63) is 34.9 Å². The van der Waals surface area contributed by atoms with Crippen molar-refractivity contribution in [1.82, 2.24) is 10.2 Å². The molecule has 1 heterocycles. The minimum Gasteiger partial charge on any atom is -0.300 e. The molecule has 1 aromatic carbocycles. The summed E-state index contributed by atoms with van der Waals surface area (Å²) in [7, 11) is 0. The van der Waals surface area contributed by atoms with E-state index in [0.29, 0.717) is 11.6 Å². The first-order valence-electron chi connectivity index (χ1n) is 6.90. The van der Waals surface area contributed by atoms with Crippen molar-refractivity contribution in [2.75, 3.05) is 11.1 Å². The van der Waals surface area contributed by atoms with Crippen molar-refractivity contribution < 1.29 is 4.79 Å². The zero-order valence-electron chi connectivity index (χ0n) is 12.5. The van der Waals surface area contributed by atoms with Crippen LogP contribution in [0.2, 0.25) is 0 Å². The third-order valence-electron chi connectivity index (χ3n) is 3.13. The fourth-order valence-corrected chi connectivity index (χ4v) is 3.51. The Kier molecular flexibility index (Phi) is 5.76. The summed E-state index contributed by atoms with van der Waals surface area (Å²) in [6.45, 7) is 6.24. The van der Waals surface area contributed by atoms with Crippen LogP contribution in [-0.4, -0.2) is 21.9 Å². The number of rotatable bonds is 6. The SMILES string of the molecule is CCSc1nnc(NC(=O)CCc2ccc(C)c(C)c2)s1. The van der Waals surface area contributed by atoms with E-state index in [1.807, 2.05) is 0 Å². The quantitative estimate of drug-likeness (QED) is 0.649. The summed E-state index contributed by atoms with van der Waals surface area (Å²) in [6, 6.07) is 6.32. The fraction of sp³-hybridized carbons (Fsp3) is 0.400. The third kappa shape index (κ3) is 4.82. The van der Waals surface area contributed by atoms with Crippen LogP contribution in [0.3, 0.4) is 0 Å². The van der Waals surface area contributed by atoms with E-state index in [4.69, 9.17) is 0 Å². The molecule has 2 aromatic rings. The Morgan fingerprint density at radius 1 is 1.29 bits per heavy atom. The molecule has 0 bridgehead atoms. The summed E-state index contributed by atoms with van der Waals surface area (Å²) in [5.74, 6) is 0.937. The van der Waals surface area contributed by atoms with Crippen LogP contribution in [0.4, 0.5) is 5.13 Å². The minimum atomic E-state index is -0.0163. The van der Waals surface area contributed by atoms with Gasteiger partial charge < -0.3 is 5.32 Å². The van der Waals surface area contributed by atoms with Gasteiger partial charge in [-0.25, -0.2) is 0 Å². The lowest BCUT2D eigenvalue weighted by molar-refractivity contribution is -0.116. The number of hydrogen-bond donors (Lipinski definition) is 1. The summed E-state index contributed by atoms with van der Waals surface area (Å²) in [5.41, 5.74) is 3.73. The van der Waals surface area contributed by atoms with Gasteiger partial charge in [-0.1, -0.05) is 48.2 Å². The summed E-state index contributed by atoms with van der Waals surface area (Å²) in [5, 5.41) is 11.4. The average Bonchev–Trinajstić information content (AvgIpc) is 2.88. The first-order chi connectivity index (χ1) is 10.1. The Morgan fingerprint density at radius 2 is 2.10 bits per heavy atom. The number of nitrogens with one attached hydrogen (secondary N) is 1. The van der Waals surface area contributed by atoms with E-state index in [2.05, 4.69) is 54.5 Å². The molecule has 4 nitrogen and oxygen atoms in total. The number of aryl methyl sites for hydroxylation is 3. The van der Waals surface area contributed by atoms with Crippen LogP contribution in [0.25, 0.3) is 0 Å². The highest BCUT2D eigenvalue weighted by Crippen LogP contribution is 2.25. The standard InChI is InChI=1S/C15H19N3OS2/c1-4-20-15-18-17-14(21-15)16-13(19)8-7-12-6-5-10(2)11(3)9-12/h5-6,9H,4,7-8H2,1-3H3,(H,16,17,19). The zero-order chi connectivity index (χ0) is 15.2. The van der Waals surface area contributed by atoms with Gasteiger partial charge in [0.25, 0.3) is 0 Å². The second kappa shape index (κ2) is 7.56. The van der Waals surface area contributed by atoms with Crippen LogP contribution in [-0.2, 0) is 11.2 Å². The highest BCUT2D eigenvalue weighted by atomic mass is 32.2. The van der Waals surface area contributed by atoms with Crippen LogP contribution < -0.4 is 5.32 Å². The van der Waals surface area contributed by atoms with Crippen LogP contribution in [0.1, 0.15) is 30.0 Å². The maximum absolute atomic E-state index is 11.9. The molecule has 2 rings (SSSR count). The molecule has 0 saturated heterocycles. The van der Waals surface area contributed by atoms with Gasteiger partial charge in [-0.3, -0.25) is 4.79 Å². The van der Waals surface area contributed by atoms with E-state index < -0.39 is 0 Å². The summed E-state index contributed by atoms with van der Waals surface area (Å²) < 4.78 is 0.891. The maximum atomic E-state index is 11.9. The van der Waals surface area contributed by atoms with Gasteiger partial charge in [0, 0.05) is 6.42 Å². The predicted octanol–water partition coefficient (Wildman–Crippen LogP) is 3.84. The molecule has 21 heavy (non-hydrogen) atoms. The van der Waals surface area contributed by atoms with E-state index in [1.54, 1.807) is 11.8 Å². The first kappa shape index (κ1) is 16.0. The number of carbonyl (C=O) groups excluding carboxylic acids is 1. The zero-order valence-corrected chi connectivity index (χ0v) is 14.1. The minimum absolute atomic E-state index is 0.0163. The number of carbonyl (C=O) groups is 1. The van der Waals surface area contributed by atoms with Gasteiger partial charge in [0.2, 0.25) is 11.0 Å².